The Balaban J connectivity index is 1.47. The highest BCUT2D eigenvalue weighted by Crippen LogP contribution is 2.26. The van der Waals surface area contributed by atoms with Crippen LogP contribution >= 0.6 is 0 Å². The lowest BCUT2D eigenvalue weighted by molar-refractivity contribution is -0.117. The molecular formula is C24H29N3O5S. The topological polar surface area (TPSA) is 96.0 Å². The minimum Gasteiger partial charge on any atom is -0.468 e. The van der Waals surface area contributed by atoms with Gasteiger partial charge in [0, 0.05) is 18.8 Å². The number of nitrogens with zero attached hydrogens (tertiary/aromatic N) is 2. The third-order valence-electron chi connectivity index (χ3n) is 5.69. The number of piperidine rings is 1. The number of carbonyl (C=O) groups excluding carboxylic acids is 1. The molecule has 3 heterocycles. The second-order valence-electron chi connectivity index (χ2n) is 8.30. The Bertz CT molecular complexity index is 1110. The number of furan rings is 2. The Morgan fingerprint density at radius 2 is 1.64 bits per heavy atom. The van der Waals surface area contributed by atoms with Gasteiger partial charge in [0.15, 0.2) is 0 Å². The second-order valence-corrected chi connectivity index (χ2v) is 10.2. The molecule has 0 spiro atoms. The van der Waals surface area contributed by atoms with E-state index in [9.17, 15) is 13.2 Å². The quantitative estimate of drug-likeness (QED) is 0.507. The van der Waals surface area contributed by atoms with Crippen LogP contribution in [-0.2, 0) is 27.9 Å². The highest BCUT2D eigenvalue weighted by atomic mass is 32.2. The molecule has 0 bridgehead atoms. The van der Waals surface area contributed by atoms with E-state index in [1.807, 2.05) is 17.0 Å². The predicted molar refractivity (Wildman–Crippen MR) is 124 cm³/mol. The molecule has 9 heteroatoms. The third kappa shape index (κ3) is 5.93. The van der Waals surface area contributed by atoms with Crippen molar-refractivity contribution < 1.29 is 22.0 Å². The summed E-state index contributed by atoms with van der Waals surface area (Å²) in [6.07, 6.45) is 5.98. The summed E-state index contributed by atoms with van der Waals surface area (Å²) in [6.45, 7) is 3.80. The molecule has 33 heavy (non-hydrogen) atoms. The van der Waals surface area contributed by atoms with Gasteiger partial charge in [-0.2, -0.15) is 4.31 Å². The lowest BCUT2D eigenvalue weighted by Crippen LogP contribution is -2.36. The van der Waals surface area contributed by atoms with Crippen LogP contribution in [0, 0.1) is 6.92 Å². The van der Waals surface area contributed by atoms with Gasteiger partial charge in [-0.3, -0.25) is 9.69 Å². The maximum Gasteiger partial charge on any atom is 0.243 e. The number of rotatable bonds is 9. The van der Waals surface area contributed by atoms with Crippen LogP contribution in [0.1, 0.15) is 36.3 Å². The Morgan fingerprint density at radius 1 is 1.00 bits per heavy atom. The zero-order chi connectivity index (χ0) is 23.3. The van der Waals surface area contributed by atoms with Crippen molar-refractivity contribution in [3.8, 4) is 0 Å². The molecule has 1 aliphatic rings. The van der Waals surface area contributed by atoms with Gasteiger partial charge in [-0.1, -0.05) is 12.5 Å². The number of hydrogen-bond acceptors (Lipinski definition) is 6. The zero-order valence-corrected chi connectivity index (χ0v) is 19.5. The van der Waals surface area contributed by atoms with Crippen molar-refractivity contribution in [2.24, 2.45) is 0 Å². The van der Waals surface area contributed by atoms with Crippen LogP contribution in [0.4, 0.5) is 5.69 Å². The first-order valence-corrected chi connectivity index (χ1v) is 12.5. The number of aryl methyl sites for hydroxylation is 1. The van der Waals surface area contributed by atoms with Crippen molar-refractivity contribution in [1.29, 1.82) is 0 Å². The maximum absolute atomic E-state index is 13.2. The van der Waals surface area contributed by atoms with Crippen molar-refractivity contribution in [1.82, 2.24) is 9.21 Å². The fourth-order valence-corrected chi connectivity index (χ4v) is 5.79. The fourth-order valence-electron chi connectivity index (χ4n) is 4.02. The van der Waals surface area contributed by atoms with Gasteiger partial charge in [0.2, 0.25) is 15.9 Å². The Morgan fingerprint density at radius 3 is 2.21 bits per heavy atom. The van der Waals surface area contributed by atoms with Crippen molar-refractivity contribution >= 4 is 21.6 Å². The highest BCUT2D eigenvalue weighted by molar-refractivity contribution is 7.89. The Kier molecular flexibility index (Phi) is 7.32. The highest BCUT2D eigenvalue weighted by Gasteiger charge is 2.27. The fraction of sp³-hybridized carbons (Fsp3) is 0.375. The van der Waals surface area contributed by atoms with Crippen molar-refractivity contribution in [2.75, 3.05) is 25.0 Å². The molecule has 1 amide bonds. The Hall–Kier alpha value is -2.88. The molecule has 1 aliphatic heterocycles. The molecule has 0 unspecified atom stereocenters. The Labute approximate surface area is 194 Å². The minimum atomic E-state index is -3.60. The molecule has 0 aliphatic carbocycles. The SMILES string of the molecule is Cc1ccc(NC(=O)CN(Cc2ccco2)Cc2ccco2)cc1S(=O)(=O)N1CCCCC1. The lowest BCUT2D eigenvalue weighted by Gasteiger charge is -2.26. The van der Waals surface area contributed by atoms with E-state index < -0.39 is 10.0 Å². The molecule has 1 saturated heterocycles. The molecule has 1 fully saturated rings. The van der Waals surface area contributed by atoms with Crippen LogP contribution < -0.4 is 5.32 Å². The van der Waals surface area contributed by atoms with Crippen LogP contribution in [0.5, 0.6) is 0 Å². The van der Waals surface area contributed by atoms with E-state index in [0.717, 1.165) is 30.8 Å². The van der Waals surface area contributed by atoms with Crippen LogP contribution in [0.25, 0.3) is 0 Å². The number of nitrogens with one attached hydrogen (secondary N) is 1. The number of hydrogen-bond donors (Lipinski definition) is 1. The van der Waals surface area contributed by atoms with Crippen LogP contribution in [0.2, 0.25) is 0 Å². The van der Waals surface area contributed by atoms with Gasteiger partial charge in [-0.15, -0.1) is 0 Å². The summed E-state index contributed by atoms with van der Waals surface area (Å²) < 4.78 is 38.7. The third-order valence-corrected chi connectivity index (χ3v) is 7.73. The van der Waals surface area contributed by atoms with Gasteiger partial charge >= 0.3 is 0 Å². The normalized spacial score (nSPS) is 15.1. The molecule has 176 valence electrons. The standard InChI is InChI=1S/C24H29N3O5S/c1-19-9-10-20(15-23(19)33(29,30)27-11-3-2-4-12-27)25-24(28)18-26(16-21-7-5-13-31-21)17-22-8-6-14-32-22/h5-10,13-15H,2-4,11-12,16-18H2,1H3,(H,25,28). The summed E-state index contributed by atoms with van der Waals surface area (Å²) in [6, 6.07) is 12.3. The van der Waals surface area contributed by atoms with Crippen molar-refractivity contribution in [2.45, 2.75) is 44.2 Å². The van der Waals surface area contributed by atoms with Crippen LogP contribution in [0.3, 0.4) is 0 Å². The molecule has 1 aromatic carbocycles. The summed E-state index contributed by atoms with van der Waals surface area (Å²) >= 11 is 0. The smallest absolute Gasteiger partial charge is 0.243 e. The summed E-state index contributed by atoms with van der Waals surface area (Å²) in [5, 5.41) is 2.85. The van der Waals surface area contributed by atoms with Gasteiger partial charge in [-0.25, -0.2) is 8.42 Å². The number of amides is 1. The number of benzene rings is 1. The molecule has 1 N–H and O–H groups in total. The molecular weight excluding hydrogens is 442 g/mol. The largest absolute Gasteiger partial charge is 0.468 e. The number of carbonyl (C=O) groups is 1. The van der Waals surface area contributed by atoms with Crippen molar-refractivity contribution in [3.63, 3.8) is 0 Å². The van der Waals surface area contributed by atoms with Gasteiger partial charge in [-0.05, 0) is 61.7 Å². The minimum absolute atomic E-state index is 0.0868. The van der Waals surface area contributed by atoms with E-state index in [2.05, 4.69) is 5.32 Å². The van der Waals surface area contributed by atoms with E-state index in [0.29, 0.717) is 37.4 Å². The first-order valence-electron chi connectivity index (χ1n) is 11.1. The van der Waals surface area contributed by atoms with E-state index in [4.69, 9.17) is 8.83 Å². The lowest BCUT2D eigenvalue weighted by atomic mass is 10.2. The van der Waals surface area contributed by atoms with Crippen molar-refractivity contribution in [3.05, 3.63) is 72.1 Å². The average molecular weight is 472 g/mol. The van der Waals surface area contributed by atoms with Gasteiger partial charge in [0.25, 0.3) is 0 Å². The van der Waals surface area contributed by atoms with Gasteiger partial charge in [0.05, 0.1) is 37.1 Å². The summed E-state index contributed by atoms with van der Waals surface area (Å²) in [4.78, 5) is 15.0. The molecule has 2 aromatic heterocycles. The monoisotopic (exact) mass is 471 g/mol. The second kappa shape index (κ2) is 10.4. The molecule has 8 nitrogen and oxygen atoms in total. The van der Waals surface area contributed by atoms with E-state index >= 15 is 0 Å². The van der Waals surface area contributed by atoms with E-state index in [-0.39, 0.29) is 17.3 Å². The molecule has 0 atom stereocenters. The number of anilines is 1. The number of sulfonamides is 1. The van der Waals surface area contributed by atoms with Gasteiger partial charge < -0.3 is 14.2 Å². The first-order chi connectivity index (χ1) is 15.9. The van der Waals surface area contributed by atoms with Crippen LogP contribution in [-0.4, -0.2) is 43.2 Å². The van der Waals surface area contributed by atoms with E-state index in [1.165, 1.54) is 0 Å². The summed E-state index contributed by atoms with van der Waals surface area (Å²) in [5.41, 5.74) is 1.12. The maximum atomic E-state index is 13.2. The van der Waals surface area contributed by atoms with E-state index in [1.54, 1.807) is 54.1 Å². The average Bonchev–Trinajstić information content (AvgIpc) is 3.50. The predicted octanol–water partition coefficient (Wildman–Crippen LogP) is 4.00. The molecule has 3 aromatic rings. The van der Waals surface area contributed by atoms with Gasteiger partial charge in [0.1, 0.15) is 11.5 Å². The molecule has 4 rings (SSSR count). The zero-order valence-electron chi connectivity index (χ0n) is 18.7. The van der Waals surface area contributed by atoms with Crippen LogP contribution in [0.15, 0.2) is 68.7 Å². The molecule has 0 saturated carbocycles. The summed E-state index contributed by atoms with van der Waals surface area (Å²) in [7, 11) is -3.60. The molecule has 0 radical (unpaired) electrons. The summed E-state index contributed by atoms with van der Waals surface area (Å²) in [5.74, 6) is 1.22. The first kappa shape index (κ1) is 23.3.